The van der Waals surface area contributed by atoms with Gasteiger partial charge in [0.05, 0.1) is 22.4 Å². The van der Waals surface area contributed by atoms with Crippen LogP contribution >= 0.6 is 15.9 Å². The predicted octanol–water partition coefficient (Wildman–Crippen LogP) is 2.58. The number of hydrogen-bond acceptors (Lipinski definition) is 3. The highest BCUT2D eigenvalue weighted by Crippen LogP contribution is 2.20. The molecule has 4 nitrogen and oxygen atoms in total. The quantitative estimate of drug-likeness (QED) is 0.854. The summed E-state index contributed by atoms with van der Waals surface area (Å²) < 4.78 is 2.89. The van der Waals surface area contributed by atoms with Gasteiger partial charge in [0.25, 0.3) is 0 Å². The molecule has 86 valence electrons. The van der Waals surface area contributed by atoms with E-state index < -0.39 is 0 Å². The predicted molar refractivity (Wildman–Crippen MR) is 67.5 cm³/mol. The Morgan fingerprint density at radius 3 is 2.82 bits per heavy atom. The summed E-state index contributed by atoms with van der Waals surface area (Å²) in [5, 5.41) is 13.4. The Labute approximate surface area is 108 Å². The monoisotopic (exact) mass is 290 g/mol. The number of aryl methyl sites for hydroxylation is 1. The van der Waals surface area contributed by atoms with Crippen LogP contribution in [0.1, 0.15) is 22.6 Å². The number of rotatable bonds is 2. The first-order valence-electron chi connectivity index (χ1n) is 5.17. The molecular formula is C12H11BrN4. The van der Waals surface area contributed by atoms with E-state index in [1.165, 1.54) is 0 Å². The minimum Gasteiger partial charge on any atom is -0.264 e. The summed E-state index contributed by atoms with van der Waals surface area (Å²) >= 11 is 3.48. The maximum absolute atomic E-state index is 8.97. The summed E-state index contributed by atoms with van der Waals surface area (Å²) in [4.78, 5) is 4.04. The Morgan fingerprint density at radius 2 is 2.24 bits per heavy atom. The fourth-order valence-electron chi connectivity index (χ4n) is 1.66. The zero-order chi connectivity index (χ0) is 12.4. The SMILES string of the molecule is Cc1nn(Cc2cccnc2C#N)c(C)c1Br. The van der Waals surface area contributed by atoms with E-state index in [1.807, 2.05) is 30.7 Å². The molecule has 0 aliphatic carbocycles. The van der Waals surface area contributed by atoms with Gasteiger partial charge in [-0.15, -0.1) is 0 Å². The van der Waals surface area contributed by atoms with E-state index in [1.54, 1.807) is 6.20 Å². The zero-order valence-electron chi connectivity index (χ0n) is 9.61. The number of aromatic nitrogens is 3. The molecule has 0 bridgehead atoms. The molecule has 0 spiro atoms. The fourth-order valence-corrected chi connectivity index (χ4v) is 1.94. The van der Waals surface area contributed by atoms with Crippen molar-refractivity contribution < 1.29 is 0 Å². The van der Waals surface area contributed by atoms with Crippen LogP contribution in [-0.2, 0) is 6.54 Å². The number of pyridine rings is 1. The number of nitriles is 1. The molecule has 17 heavy (non-hydrogen) atoms. The Morgan fingerprint density at radius 1 is 1.47 bits per heavy atom. The summed E-state index contributed by atoms with van der Waals surface area (Å²) in [5.41, 5.74) is 3.34. The molecule has 2 rings (SSSR count). The van der Waals surface area contributed by atoms with Crippen molar-refractivity contribution in [3.05, 3.63) is 45.4 Å². The molecule has 0 radical (unpaired) electrons. The van der Waals surface area contributed by atoms with Crippen LogP contribution in [0.3, 0.4) is 0 Å². The zero-order valence-corrected chi connectivity index (χ0v) is 11.2. The van der Waals surface area contributed by atoms with E-state index in [0.717, 1.165) is 21.4 Å². The Kier molecular flexibility index (Phi) is 3.25. The summed E-state index contributed by atoms with van der Waals surface area (Å²) in [5.74, 6) is 0. The second-order valence-electron chi connectivity index (χ2n) is 3.77. The summed E-state index contributed by atoms with van der Waals surface area (Å²) in [6.45, 7) is 4.50. The first-order chi connectivity index (χ1) is 8.13. The molecule has 0 unspecified atom stereocenters. The average molecular weight is 291 g/mol. The lowest BCUT2D eigenvalue weighted by Gasteiger charge is -2.05. The van der Waals surface area contributed by atoms with Gasteiger partial charge >= 0.3 is 0 Å². The lowest BCUT2D eigenvalue weighted by atomic mass is 10.2. The van der Waals surface area contributed by atoms with Crippen LogP contribution in [-0.4, -0.2) is 14.8 Å². The first kappa shape index (κ1) is 11.8. The van der Waals surface area contributed by atoms with Gasteiger partial charge in [0.2, 0.25) is 0 Å². The van der Waals surface area contributed by atoms with E-state index >= 15 is 0 Å². The largest absolute Gasteiger partial charge is 0.264 e. The van der Waals surface area contributed by atoms with Gasteiger partial charge in [0, 0.05) is 11.8 Å². The molecule has 5 heteroatoms. The third-order valence-corrected chi connectivity index (χ3v) is 3.76. The third-order valence-electron chi connectivity index (χ3n) is 2.61. The molecule has 2 aromatic heterocycles. The van der Waals surface area contributed by atoms with Gasteiger partial charge in [0.1, 0.15) is 11.8 Å². The van der Waals surface area contributed by atoms with Gasteiger partial charge in [-0.25, -0.2) is 4.98 Å². The number of halogens is 1. The van der Waals surface area contributed by atoms with E-state index in [4.69, 9.17) is 5.26 Å². The summed E-state index contributed by atoms with van der Waals surface area (Å²) in [6.07, 6.45) is 1.62. The lowest BCUT2D eigenvalue weighted by molar-refractivity contribution is 0.655. The molecular weight excluding hydrogens is 280 g/mol. The number of nitrogens with zero attached hydrogens (tertiary/aromatic N) is 4. The van der Waals surface area contributed by atoms with Crippen molar-refractivity contribution in [2.75, 3.05) is 0 Å². The van der Waals surface area contributed by atoms with E-state index in [0.29, 0.717) is 12.2 Å². The lowest BCUT2D eigenvalue weighted by Crippen LogP contribution is -2.06. The smallest absolute Gasteiger partial charge is 0.145 e. The average Bonchev–Trinajstić information content (AvgIpc) is 2.58. The van der Waals surface area contributed by atoms with Crippen molar-refractivity contribution in [2.24, 2.45) is 0 Å². The summed E-state index contributed by atoms with van der Waals surface area (Å²) in [6, 6.07) is 5.82. The molecule has 0 N–H and O–H groups in total. The third kappa shape index (κ3) is 2.22. The first-order valence-corrected chi connectivity index (χ1v) is 5.96. The standard InChI is InChI=1S/C12H11BrN4/c1-8-12(13)9(2)17(16-8)7-10-4-3-5-15-11(10)6-14/h3-5H,7H2,1-2H3. The topological polar surface area (TPSA) is 54.5 Å². The Balaban J connectivity index is 2.39. The van der Waals surface area contributed by atoms with Crippen molar-refractivity contribution in [1.29, 1.82) is 5.26 Å². The van der Waals surface area contributed by atoms with Crippen LogP contribution in [0.25, 0.3) is 0 Å². The normalized spacial score (nSPS) is 10.2. The van der Waals surface area contributed by atoms with Crippen LogP contribution in [0.15, 0.2) is 22.8 Å². The minimum absolute atomic E-state index is 0.455. The molecule has 2 heterocycles. The highest BCUT2D eigenvalue weighted by Gasteiger charge is 2.10. The van der Waals surface area contributed by atoms with E-state index in [-0.39, 0.29) is 0 Å². The molecule has 2 aromatic rings. The molecule has 0 saturated heterocycles. The molecule has 0 aromatic carbocycles. The van der Waals surface area contributed by atoms with Crippen molar-refractivity contribution in [3.8, 4) is 6.07 Å². The second-order valence-corrected chi connectivity index (χ2v) is 4.56. The van der Waals surface area contributed by atoms with E-state index in [9.17, 15) is 0 Å². The van der Waals surface area contributed by atoms with Crippen LogP contribution < -0.4 is 0 Å². The molecule has 0 saturated carbocycles. The van der Waals surface area contributed by atoms with Gasteiger partial charge in [-0.1, -0.05) is 6.07 Å². The molecule has 0 atom stereocenters. The van der Waals surface area contributed by atoms with Crippen molar-refractivity contribution >= 4 is 15.9 Å². The fraction of sp³-hybridized carbons (Fsp3) is 0.250. The van der Waals surface area contributed by atoms with Crippen molar-refractivity contribution in [3.63, 3.8) is 0 Å². The Bertz CT molecular complexity index is 595. The van der Waals surface area contributed by atoms with Gasteiger partial charge in [0.15, 0.2) is 0 Å². The number of hydrogen-bond donors (Lipinski definition) is 0. The highest BCUT2D eigenvalue weighted by atomic mass is 79.9. The van der Waals surface area contributed by atoms with E-state index in [2.05, 4.69) is 32.1 Å². The molecule has 0 fully saturated rings. The van der Waals surface area contributed by atoms with Gasteiger partial charge in [-0.2, -0.15) is 10.4 Å². The second kappa shape index (κ2) is 4.68. The minimum atomic E-state index is 0.455. The Hall–Kier alpha value is -1.67. The maximum atomic E-state index is 8.97. The molecule has 0 amide bonds. The molecule has 0 aliphatic rings. The highest BCUT2D eigenvalue weighted by molar-refractivity contribution is 9.10. The van der Waals surface area contributed by atoms with Gasteiger partial charge in [-0.3, -0.25) is 4.68 Å². The van der Waals surface area contributed by atoms with Crippen molar-refractivity contribution in [1.82, 2.24) is 14.8 Å². The molecule has 0 aliphatic heterocycles. The van der Waals surface area contributed by atoms with Crippen LogP contribution in [0, 0.1) is 25.2 Å². The van der Waals surface area contributed by atoms with Gasteiger partial charge in [-0.05, 0) is 35.8 Å². The van der Waals surface area contributed by atoms with Crippen LogP contribution in [0.4, 0.5) is 0 Å². The van der Waals surface area contributed by atoms with Crippen molar-refractivity contribution in [2.45, 2.75) is 20.4 Å². The van der Waals surface area contributed by atoms with Gasteiger partial charge < -0.3 is 0 Å². The maximum Gasteiger partial charge on any atom is 0.145 e. The summed E-state index contributed by atoms with van der Waals surface area (Å²) in [7, 11) is 0. The van der Waals surface area contributed by atoms with Crippen LogP contribution in [0.5, 0.6) is 0 Å². The van der Waals surface area contributed by atoms with Crippen LogP contribution in [0.2, 0.25) is 0 Å².